The molecule has 0 atom stereocenters. The maximum absolute atomic E-state index is 5.57. The minimum Gasteiger partial charge on any atom is -0.494 e. The SMILES string of the molecule is CCOc1cccc(Oc2ncc(CCN)cn2)c1. The van der Waals surface area contributed by atoms with E-state index in [0.29, 0.717) is 24.9 Å². The summed E-state index contributed by atoms with van der Waals surface area (Å²) in [7, 11) is 0. The molecule has 0 unspecified atom stereocenters. The first-order valence-corrected chi connectivity index (χ1v) is 6.23. The van der Waals surface area contributed by atoms with Crippen LogP contribution >= 0.6 is 0 Å². The molecule has 5 heteroatoms. The van der Waals surface area contributed by atoms with Gasteiger partial charge in [-0.3, -0.25) is 0 Å². The normalized spacial score (nSPS) is 10.2. The van der Waals surface area contributed by atoms with Crippen LogP contribution in [0.2, 0.25) is 0 Å². The van der Waals surface area contributed by atoms with Crippen LogP contribution in [0.25, 0.3) is 0 Å². The molecule has 1 aromatic heterocycles. The fourth-order valence-corrected chi connectivity index (χ4v) is 1.59. The van der Waals surface area contributed by atoms with Gasteiger partial charge in [-0.05, 0) is 37.6 Å². The molecule has 0 aliphatic carbocycles. The number of aromatic nitrogens is 2. The highest BCUT2D eigenvalue weighted by Crippen LogP contribution is 2.22. The summed E-state index contributed by atoms with van der Waals surface area (Å²) in [5.41, 5.74) is 6.46. The maximum atomic E-state index is 5.57. The maximum Gasteiger partial charge on any atom is 0.321 e. The largest absolute Gasteiger partial charge is 0.494 e. The fraction of sp³-hybridized carbons (Fsp3) is 0.286. The highest BCUT2D eigenvalue weighted by molar-refractivity contribution is 5.34. The zero-order chi connectivity index (χ0) is 13.5. The lowest BCUT2D eigenvalue weighted by Crippen LogP contribution is -2.03. The number of rotatable bonds is 6. The van der Waals surface area contributed by atoms with Gasteiger partial charge in [-0.2, -0.15) is 0 Å². The first-order chi connectivity index (χ1) is 9.31. The summed E-state index contributed by atoms with van der Waals surface area (Å²) in [6, 6.07) is 7.69. The van der Waals surface area contributed by atoms with Crippen molar-refractivity contribution in [1.82, 2.24) is 9.97 Å². The van der Waals surface area contributed by atoms with Crippen molar-refractivity contribution in [2.75, 3.05) is 13.2 Å². The Bertz CT molecular complexity index is 514. The van der Waals surface area contributed by atoms with Crippen molar-refractivity contribution in [3.63, 3.8) is 0 Å². The van der Waals surface area contributed by atoms with E-state index in [4.69, 9.17) is 15.2 Å². The van der Waals surface area contributed by atoms with Crippen molar-refractivity contribution in [3.05, 3.63) is 42.2 Å². The predicted octanol–water partition coefficient (Wildman–Crippen LogP) is 2.17. The third-order valence-corrected chi connectivity index (χ3v) is 2.44. The summed E-state index contributed by atoms with van der Waals surface area (Å²) in [5.74, 6) is 1.41. The van der Waals surface area contributed by atoms with Crippen molar-refractivity contribution < 1.29 is 9.47 Å². The molecule has 0 saturated carbocycles. The van der Waals surface area contributed by atoms with Gasteiger partial charge in [-0.1, -0.05) is 6.07 Å². The third-order valence-electron chi connectivity index (χ3n) is 2.44. The molecular weight excluding hydrogens is 242 g/mol. The Morgan fingerprint density at radius 3 is 2.58 bits per heavy atom. The van der Waals surface area contributed by atoms with Crippen LogP contribution in [0.4, 0.5) is 0 Å². The smallest absolute Gasteiger partial charge is 0.321 e. The molecule has 0 bridgehead atoms. The van der Waals surface area contributed by atoms with Gasteiger partial charge >= 0.3 is 6.01 Å². The molecule has 1 aromatic carbocycles. The molecular formula is C14H17N3O2. The molecule has 0 spiro atoms. The molecule has 100 valence electrons. The summed E-state index contributed by atoms with van der Waals surface area (Å²) < 4.78 is 11.0. The van der Waals surface area contributed by atoms with E-state index in [9.17, 15) is 0 Å². The molecule has 0 radical (unpaired) electrons. The van der Waals surface area contributed by atoms with Crippen molar-refractivity contribution in [2.24, 2.45) is 5.73 Å². The first kappa shape index (κ1) is 13.3. The Hall–Kier alpha value is -2.14. The van der Waals surface area contributed by atoms with Crippen molar-refractivity contribution in [2.45, 2.75) is 13.3 Å². The summed E-state index contributed by atoms with van der Waals surface area (Å²) in [6.07, 6.45) is 4.21. The van der Waals surface area contributed by atoms with E-state index in [1.807, 2.05) is 25.1 Å². The second-order valence-electron chi connectivity index (χ2n) is 3.92. The van der Waals surface area contributed by atoms with E-state index in [1.54, 1.807) is 18.5 Å². The van der Waals surface area contributed by atoms with Gasteiger partial charge in [0.25, 0.3) is 0 Å². The number of nitrogens with zero attached hydrogens (tertiary/aromatic N) is 2. The zero-order valence-corrected chi connectivity index (χ0v) is 10.9. The van der Waals surface area contributed by atoms with Crippen LogP contribution in [-0.2, 0) is 6.42 Å². The number of hydrogen-bond acceptors (Lipinski definition) is 5. The van der Waals surface area contributed by atoms with E-state index in [1.165, 1.54) is 0 Å². The second-order valence-corrected chi connectivity index (χ2v) is 3.92. The van der Waals surface area contributed by atoms with Gasteiger partial charge in [0.1, 0.15) is 11.5 Å². The Balaban J connectivity index is 2.05. The molecule has 0 aliphatic rings. The van der Waals surface area contributed by atoms with E-state index in [0.717, 1.165) is 17.7 Å². The summed E-state index contributed by atoms with van der Waals surface area (Å²) in [6.45, 7) is 3.14. The lowest BCUT2D eigenvalue weighted by atomic mass is 10.2. The average molecular weight is 259 g/mol. The molecule has 0 saturated heterocycles. The number of hydrogen-bond donors (Lipinski definition) is 1. The summed E-state index contributed by atoms with van der Waals surface area (Å²) in [5, 5.41) is 0. The highest BCUT2D eigenvalue weighted by Gasteiger charge is 2.02. The van der Waals surface area contributed by atoms with Gasteiger partial charge in [0.05, 0.1) is 6.61 Å². The van der Waals surface area contributed by atoms with Crippen molar-refractivity contribution >= 4 is 0 Å². The Morgan fingerprint density at radius 2 is 1.89 bits per heavy atom. The third kappa shape index (κ3) is 3.93. The van der Waals surface area contributed by atoms with Crippen molar-refractivity contribution in [1.29, 1.82) is 0 Å². The molecule has 2 N–H and O–H groups in total. The van der Waals surface area contributed by atoms with Crippen LogP contribution < -0.4 is 15.2 Å². The second kappa shape index (κ2) is 6.70. The minimum atomic E-state index is 0.314. The Labute approximate surface area is 112 Å². The number of nitrogens with two attached hydrogens (primary N) is 1. The molecule has 2 rings (SSSR count). The van der Waals surface area contributed by atoms with Gasteiger partial charge in [0, 0.05) is 18.5 Å². The quantitative estimate of drug-likeness (QED) is 0.860. The van der Waals surface area contributed by atoms with E-state index < -0.39 is 0 Å². The number of benzene rings is 1. The monoisotopic (exact) mass is 259 g/mol. The highest BCUT2D eigenvalue weighted by atomic mass is 16.5. The predicted molar refractivity (Wildman–Crippen MR) is 72.5 cm³/mol. The molecule has 1 heterocycles. The van der Waals surface area contributed by atoms with Gasteiger partial charge in [-0.25, -0.2) is 9.97 Å². The Morgan fingerprint density at radius 1 is 1.16 bits per heavy atom. The minimum absolute atomic E-state index is 0.314. The average Bonchev–Trinajstić information content (AvgIpc) is 2.42. The van der Waals surface area contributed by atoms with Crippen LogP contribution in [-0.4, -0.2) is 23.1 Å². The molecule has 2 aromatic rings. The number of ether oxygens (including phenoxy) is 2. The van der Waals surface area contributed by atoms with Gasteiger partial charge in [0.15, 0.2) is 0 Å². The van der Waals surface area contributed by atoms with Crippen LogP contribution in [0.15, 0.2) is 36.7 Å². The summed E-state index contributed by atoms with van der Waals surface area (Å²) >= 11 is 0. The van der Waals surface area contributed by atoms with Crippen LogP contribution in [0.1, 0.15) is 12.5 Å². The standard InChI is InChI=1S/C14H17N3O2/c1-2-18-12-4-3-5-13(8-12)19-14-16-9-11(6-7-15)10-17-14/h3-5,8-10H,2,6-7,15H2,1H3. The van der Waals surface area contributed by atoms with E-state index >= 15 is 0 Å². The molecule has 0 fully saturated rings. The zero-order valence-electron chi connectivity index (χ0n) is 10.9. The molecule has 5 nitrogen and oxygen atoms in total. The Kier molecular flexibility index (Phi) is 4.69. The lowest BCUT2D eigenvalue weighted by Gasteiger charge is -2.07. The first-order valence-electron chi connectivity index (χ1n) is 6.23. The lowest BCUT2D eigenvalue weighted by molar-refractivity contribution is 0.337. The van der Waals surface area contributed by atoms with E-state index in [-0.39, 0.29) is 0 Å². The molecule has 0 amide bonds. The van der Waals surface area contributed by atoms with Gasteiger partial charge < -0.3 is 15.2 Å². The van der Waals surface area contributed by atoms with E-state index in [2.05, 4.69) is 9.97 Å². The van der Waals surface area contributed by atoms with Crippen LogP contribution in [0, 0.1) is 0 Å². The van der Waals surface area contributed by atoms with Gasteiger partial charge in [0.2, 0.25) is 0 Å². The van der Waals surface area contributed by atoms with Crippen molar-refractivity contribution in [3.8, 4) is 17.5 Å². The van der Waals surface area contributed by atoms with Crippen LogP contribution in [0.3, 0.4) is 0 Å². The fourth-order valence-electron chi connectivity index (χ4n) is 1.59. The van der Waals surface area contributed by atoms with Crippen LogP contribution in [0.5, 0.6) is 17.5 Å². The van der Waals surface area contributed by atoms with Gasteiger partial charge in [-0.15, -0.1) is 0 Å². The summed E-state index contributed by atoms with van der Waals surface area (Å²) in [4.78, 5) is 8.28. The molecule has 0 aliphatic heterocycles. The topological polar surface area (TPSA) is 70.3 Å². The molecule has 19 heavy (non-hydrogen) atoms.